The van der Waals surface area contributed by atoms with E-state index >= 15 is 0 Å². The summed E-state index contributed by atoms with van der Waals surface area (Å²) in [6, 6.07) is 21.8. The summed E-state index contributed by atoms with van der Waals surface area (Å²) in [6.45, 7) is 2.17. The van der Waals surface area contributed by atoms with E-state index < -0.39 is 6.09 Å². The molecule has 4 rings (SSSR count). The number of nitrogens with one attached hydrogen (secondary N) is 1. The largest absolute Gasteiger partial charge is 0.442 e. The second-order valence-corrected chi connectivity index (χ2v) is 6.90. The Hall–Kier alpha value is -3.67. The predicted molar refractivity (Wildman–Crippen MR) is 111 cm³/mol. The van der Waals surface area contributed by atoms with E-state index in [-0.39, 0.29) is 12.0 Å². The molecule has 1 fully saturated rings. The fourth-order valence-corrected chi connectivity index (χ4v) is 3.32. The highest BCUT2D eigenvalue weighted by atomic mass is 16.6. The van der Waals surface area contributed by atoms with Crippen molar-refractivity contribution in [2.75, 3.05) is 18.0 Å². The van der Waals surface area contributed by atoms with E-state index in [1.165, 1.54) is 6.92 Å². The molecule has 146 valence electrons. The minimum Gasteiger partial charge on any atom is -0.442 e. The normalized spacial score (nSPS) is 15.8. The van der Waals surface area contributed by atoms with Crippen LogP contribution in [0.25, 0.3) is 22.4 Å². The number of carbonyl (C=O) groups excluding carboxylic acids is 2. The molecule has 1 N–H and O–H groups in total. The summed E-state index contributed by atoms with van der Waals surface area (Å²) in [5.74, 6) is -0.142. The second-order valence-electron chi connectivity index (χ2n) is 6.90. The Balaban J connectivity index is 1.50. The topological polar surface area (TPSA) is 71.5 Å². The molecule has 0 bridgehead atoms. The fraction of sp³-hybridized carbons (Fsp3) is 0.174. The van der Waals surface area contributed by atoms with E-state index in [4.69, 9.17) is 4.74 Å². The van der Waals surface area contributed by atoms with Crippen LogP contribution in [0.3, 0.4) is 0 Å². The first kappa shape index (κ1) is 18.7. The SMILES string of the molecule is CC(=O)NCC1CN(c2ccc(-c3cccc(-c4ccccn4)c3)cc2)C(=O)O1. The minimum absolute atomic E-state index is 0.142. The van der Waals surface area contributed by atoms with Crippen LogP contribution in [-0.2, 0) is 9.53 Å². The monoisotopic (exact) mass is 387 g/mol. The molecule has 1 saturated heterocycles. The summed E-state index contributed by atoms with van der Waals surface area (Å²) in [6.07, 6.45) is 1.04. The van der Waals surface area contributed by atoms with Crippen LogP contribution >= 0.6 is 0 Å². The number of rotatable bonds is 5. The quantitative estimate of drug-likeness (QED) is 0.721. The number of benzene rings is 2. The lowest BCUT2D eigenvalue weighted by Gasteiger charge is -2.14. The van der Waals surface area contributed by atoms with Gasteiger partial charge in [0.25, 0.3) is 0 Å². The number of cyclic esters (lactones) is 1. The molecule has 0 saturated carbocycles. The third-order valence-electron chi connectivity index (χ3n) is 4.79. The van der Waals surface area contributed by atoms with Crippen LogP contribution in [0.4, 0.5) is 10.5 Å². The maximum absolute atomic E-state index is 12.2. The zero-order valence-corrected chi connectivity index (χ0v) is 16.0. The van der Waals surface area contributed by atoms with E-state index in [1.54, 1.807) is 11.1 Å². The Bertz CT molecular complexity index is 1020. The molecule has 3 aromatic rings. The average Bonchev–Trinajstić information content (AvgIpc) is 3.14. The molecule has 2 amide bonds. The van der Waals surface area contributed by atoms with Crippen LogP contribution in [0.5, 0.6) is 0 Å². The molecule has 0 radical (unpaired) electrons. The van der Waals surface area contributed by atoms with E-state index in [9.17, 15) is 9.59 Å². The van der Waals surface area contributed by atoms with Gasteiger partial charge in [0, 0.05) is 24.4 Å². The molecule has 0 aliphatic carbocycles. The lowest BCUT2D eigenvalue weighted by atomic mass is 10.0. The number of hydrogen-bond acceptors (Lipinski definition) is 4. The van der Waals surface area contributed by atoms with Crippen LogP contribution in [0, 0.1) is 0 Å². The van der Waals surface area contributed by atoms with Crippen molar-refractivity contribution in [3.05, 3.63) is 72.9 Å². The Labute approximate surface area is 169 Å². The molecular formula is C23H21N3O3. The van der Waals surface area contributed by atoms with Gasteiger partial charge in [-0.3, -0.25) is 14.7 Å². The lowest BCUT2D eigenvalue weighted by Crippen LogP contribution is -2.33. The summed E-state index contributed by atoms with van der Waals surface area (Å²) in [4.78, 5) is 29.2. The van der Waals surface area contributed by atoms with Crippen molar-refractivity contribution < 1.29 is 14.3 Å². The predicted octanol–water partition coefficient (Wildman–Crippen LogP) is 3.88. The van der Waals surface area contributed by atoms with Gasteiger partial charge in [-0.05, 0) is 41.5 Å². The molecule has 6 nitrogen and oxygen atoms in total. The Morgan fingerprint density at radius 1 is 1.07 bits per heavy atom. The molecule has 1 aliphatic rings. The summed E-state index contributed by atoms with van der Waals surface area (Å²) >= 11 is 0. The van der Waals surface area contributed by atoms with Crippen LogP contribution < -0.4 is 10.2 Å². The Morgan fingerprint density at radius 2 is 1.86 bits per heavy atom. The van der Waals surface area contributed by atoms with Crippen molar-refractivity contribution in [1.82, 2.24) is 10.3 Å². The molecule has 2 aromatic carbocycles. The highest BCUT2D eigenvalue weighted by molar-refractivity contribution is 5.90. The number of ether oxygens (including phenoxy) is 1. The molecule has 1 aliphatic heterocycles. The standard InChI is InChI=1S/C23H21N3O3/c1-16(27)25-14-21-15-26(23(28)29-21)20-10-8-17(9-11-20)18-5-4-6-19(13-18)22-7-2-3-12-24-22/h2-13,21H,14-15H2,1H3,(H,25,27). The van der Waals surface area contributed by atoms with Gasteiger partial charge in [0.1, 0.15) is 6.10 Å². The van der Waals surface area contributed by atoms with Crippen molar-refractivity contribution in [1.29, 1.82) is 0 Å². The molecule has 2 heterocycles. The zero-order chi connectivity index (χ0) is 20.2. The van der Waals surface area contributed by atoms with Crippen molar-refractivity contribution in [3.63, 3.8) is 0 Å². The van der Waals surface area contributed by atoms with Gasteiger partial charge in [0.15, 0.2) is 0 Å². The van der Waals surface area contributed by atoms with Gasteiger partial charge >= 0.3 is 6.09 Å². The van der Waals surface area contributed by atoms with Crippen molar-refractivity contribution in [2.45, 2.75) is 13.0 Å². The molecule has 29 heavy (non-hydrogen) atoms. The van der Waals surface area contributed by atoms with Gasteiger partial charge in [-0.1, -0.05) is 36.4 Å². The highest BCUT2D eigenvalue weighted by Crippen LogP contribution is 2.28. The number of anilines is 1. The summed E-state index contributed by atoms with van der Waals surface area (Å²) in [5, 5.41) is 2.68. The smallest absolute Gasteiger partial charge is 0.414 e. The maximum Gasteiger partial charge on any atom is 0.414 e. The third-order valence-corrected chi connectivity index (χ3v) is 4.79. The van der Waals surface area contributed by atoms with E-state index in [2.05, 4.69) is 22.4 Å². The first-order chi connectivity index (χ1) is 14.1. The van der Waals surface area contributed by atoms with Crippen LogP contribution in [-0.4, -0.2) is 36.2 Å². The zero-order valence-electron chi connectivity index (χ0n) is 16.0. The summed E-state index contributed by atoms with van der Waals surface area (Å²) in [5.41, 5.74) is 4.87. The average molecular weight is 387 g/mol. The number of aromatic nitrogens is 1. The molecule has 1 atom stereocenters. The van der Waals surface area contributed by atoms with Gasteiger partial charge in [-0.25, -0.2) is 4.79 Å². The van der Waals surface area contributed by atoms with Crippen LogP contribution in [0.15, 0.2) is 72.9 Å². The molecule has 6 heteroatoms. The van der Waals surface area contributed by atoms with Gasteiger partial charge in [-0.15, -0.1) is 0 Å². The number of carbonyl (C=O) groups is 2. The van der Waals surface area contributed by atoms with E-state index in [0.717, 1.165) is 28.1 Å². The molecule has 1 aromatic heterocycles. The third kappa shape index (κ3) is 4.27. The molecular weight excluding hydrogens is 366 g/mol. The first-order valence-electron chi connectivity index (χ1n) is 9.44. The number of pyridine rings is 1. The van der Waals surface area contributed by atoms with Crippen molar-refractivity contribution >= 4 is 17.7 Å². The maximum atomic E-state index is 12.2. The van der Waals surface area contributed by atoms with Crippen molar-refractivity contribution in [2.24, 2.45) is 0 Å². The number of nitrogens with zero attached hydrogens (tertiary/aromatic N) is 2. The van der Waals surface area contributed by atoms with E-state index in [0.29, 0.717) is 13.1 Å². The van der Waals surface area contributed by atoms with Gasteiger partial charge in [0.05, 0.1) is 18.8 Å². The number of amides is 2. The van der Waals surface area contributed by atoms with Crippen molar-refractivity contribution in [3.8, 4) is 22.4 Å². The van der Waals surface area contributed by atoms with Gasteiger partial charge in [-0.2, -0.15) is 0 Å². The van der Waals surface area contributed by atoms with Gasteiger partial charge < -0.3 is 10.1 Å². The summed E-state index contributed by atoms with van der Waals surface area (Å²) in [7, 11) is 0. The molecule has 0 spiro atoms. The highest BCUT2D eigenvalue weighted by Gasteiger charge is 2.32. The fourth-order valence-electron chi connectivity index (χ4n) is 3.32. The lowest BCUT2D eigenvalue weighted by molar-refractivity contribution is -0.119. The minimum atomic E-state index is -0.398. The first-order valence-corrected chi connectivity index (χ1v) is 9.44. The summed E-state index contributed by atoms with van der Waals surface area (Å²) < 4.78 is 5.32. The van der Waals surface area contributed by atoms with Gasteiger partial charge in [0.2, 0.25) is 5.91 Å². The van der Waals surface area contributed by atoms with Crippen LogP contribution in [0.2, 0.25) is 0 Å². The molecule has 1 unspecified atom stereocenters. The second kappa shape index (κ2) is 8.14. The number of hydrogen-bond donors (Lipinski definition) is 1. The Morgan fingerprint density at radius 3 is 2.59 bits per heavy atom. The van der Waals surface area contributed by atoms with E-state index in [1.807, 2.05) is 54.6 Å². The Kier molecular flexibility index (Phi) is 5.24. The van der Waals surface area contributed by atoms with Crippen LogP contribution in [0.1, 0.15) is 6.92 Å².